The summed E-state index contributed by atoms with van der Waals surface area (Å²) in [4.78, 5) is 19.2. The summed E-state index contributed by atoms with van der Waals surface area (Å²) >= 11 is 1.55. The monoisotopic (exact) mass is 405 g/mol. The van der Waals surface area contributed by atoms with E-state index in [9.17, 15) is 4.79 Å². The summed E-state index contributed by atoms with van der Waals surface area (Å²) in [5, 5.41) is 19.6. The van der Waals surface area contributed by atoms with Crippen LogP contribution in [0.4, 0.5) is 0 Å². The topological polar surface area (TPSA) is 89.7 Å². The summed E-state index contributed by atoms with van der Waals surface area (Å²) in [5.41, 5.74) is 3.43. The smallest absolute Gasteiger partial charge is 0.229 e. The zero-order valence-corrected chi connectivity index (χ0v) is 17.0. The summed E-state index contributed by atoms with van der Waals surface area (Å²) in [7, 11) is 0. The predicted octanol–water partition coefficient (Wildman–Crippen LogP) is 2.55. The molecular weight excluding hydrogens is 386 g/mol. The predicted molar refractivity (Wildman–Crippen MR) is 109 cm³/mol. The molecule has 0 spiro atoms. The van der Waals surface area contributed by atoms with Crippen molar-refractivity contribution in [2.45, 2.75) is 33.4 Å². The molecule has 0 radical (unpaired) electrons. The van der Waals surface area contributed by atoms with Gasteiger partial charge in [-0.2, -0.15) is 10.2 Å². The highest BCUT2D eigenvalue weighted by molar-refractivity contribution is 7.14. The van der Waals surface area contributed by atoms with Crippen molar-refractivity contribution in [1.29, 1.82) is 0 Å². The fourth-order valence-corrected chi connectivity index (χ4v) is 4.28. The van der Waals surface area contributed by atoms with E-state index in [2.05, 4.69) is 29.9 Å². The van der Waals surface area contributed by atoms with E-state index < -0.39 is 0 Å². The molecule has 0 saturated heterocycles. The Balaban J connectivity index is 1.36. The molecule has 1 amide bonds. The minimum Gasteiger partial charge on any atom is -0.333 e. The van der Waals surface area contributed by atoms with Gasteiger partial charge in [0.25, 0.3) is 0 Å². The summed E-state index contributed by atoms with van der Waals surface area (Å²) in [6, 6.07) is 7.86. The van der Waals surface area contributed by atoms with Gasteiger partial charge in [-0.25, -0.2) is 4.98 Å². The molecule has 3 aromatic heterocycles. The third-order valence-electron chi connectivity index (χ3n) is 5.02. The molecular formula is C20H19N7OS. The molecule has 4 heterocycles. The number of imidazole rings is 1. The molecule has 146 valence electrons. The normalized spacial score (nSPS) is 13.7. The number of aromatic nitrogens is 6. The zero-order chi connectivity index (χ0) is 20.0. The van der Waals surface area contributed by atoms with Gasteiger partial charge >= 0.3 is 0 Å². The van der Waals surface area contributed by atoms with Gasteiger partial charge in [0.05, 0.1) is 29.9 Å². The average molecular weight is 405 g/mol. The molecule has 0 unspecified atom stereocenters. The van der Waals surface area contributed by atoms with Crippen LogP contribution in [0, 0.1) is 13.8 Å². The number of aryl methyl sites for hydroxylation is 2. The first-order chi connectivity index (χ1) is 14.0. The van der Waals surface area contributed by atoms with E-state index in [0.29, 0.717) is 18.8 Å². The summed E-state index contributed by atoms with van der Waals surface area (Å²) in [6.45, 7) is 5.90. The molecule has 0 bridgehead atoms. The number of hydrogen-bond donors (Lipinski definition) is 0. The molecule has 0 aliphatic carbocycles. The van der Waals surface area contributed by atoms with Crippen molar-refractivity contribution in [2.75, 3.05) is 6.54 Å². The van der Waals surface area contributed by atoms with Crippen molar-refractivity contribution >= 4 is 28.1 Å². The van der Waals surface area contributed by atoms with E-state index in [1.54, 1.807) is 11.3 Å². The number of nitrogens with zero attached hydrogens (tertiary/aromatic N) is 7. The first kappa shape index (κ1) is 17.9. The van der Waals surface area contributed by atoms with Crippen LogP contribution in [-0.4, -0.2) is 47.3 Å². The maximum absolute atomic E-state index is 12.8. The van der Waals surface area contributed by atoms with Crippen molar-refractivity contribution in [3.05, 3.63) is 52.7 Å². The first-order valence-electron chi connectivity index (χ1n) is 9.42. The number of carbonyl (C=O) groups excluding carboxylic acids is 1. The Morgan fingerprint density at radius 3 is 2.83 bits per heavy atom. The Labute approximate surface area is 171 Å². The third kappa shape index (κ3) is 3.49. The molecule has 0 saturated carbocycles. The average Bonchev–Trinajstić information content (AvgIpc) is 3.31. The molecule has 0 N–H and O–H groups in total. The van der Waals surface area contributed by atoms with Gasteiger partial charge in [0, 0.05) is 30.2 Å². The lowest BCUT2D eigenvalue weighted by atomic mass is 10.1. The zero-order valence-electron chi connectivity index (χ0n) is 16.2. The molecule has 5 rings (SSSR count). The fourth-order valence-electron chi connectivity index (χ4n) is 3.59. The van der Waals surface area contributed by atoms with Gasteiger partial charge in [0.2, 0.25) is 5.91 Å². The second-order valence-corrected chi connectivity index (χ2v) is 8.40. The molecule has 4 aromatic rings. The van der Waals surface area contributed by atoms with Crippen LogP contribution in [0.3, 0.4) is 0 Å². The Kier molecular flexibility index (Phi) is 4.31. The number of fused-ring (bicyclic) bond motifs is 2. The van der Waals surface area contributed by atoms with Crippen LogP contribution in [0.5, 0.6) is 0 Å². The summed E-state index contributed by atoms with van der Waals surface area (Å²) in [5.74, 6) is 0.977. The SMILES string of the molecule is Cc1cn2c(n1)CN(C(=O)Cc1cc3cc(-c4nnc(C)s4)ccc3nn1)CC2. The van der Waals surface area contributed by atoms with Gasteiger partial charge in [-0.05, 0) is 38.1 Å². The Morgan fingerprint density at radius 2 is 2.00 bits per heavy atom. The number of hydrogen-bond acceptors (Lipinski definition) is 7. The van der Waals surface area contributed by atoms with Crippen LogP contribution in [0.1, 0.15) is 22.2 Å². The quantitative estimate of drug-likeness (QED) is 0.520. The van der Waals surface area contributed by atoms with Crippen molar-refractivity contribution in [2.24, 2.45) is 0 Å². The molecule has 1 aliphatic rings. The molecule has 9 heteroatoms. The van der Waals surface area contributed by atoms with Crippen molar-refractivity contribution in [1.82, 2.24) is 34.8 Å². The maximum Gasteiger partial charge on any atom is 0.229 e. The van der Waals surface area contributed by atoms with E-state index in [1.807, 2.05) is 49.2 Å². The van der Waals surface area contributed by atoms with Gasteiger partial charge in [-0.1, -0.05) is 11.3 Å². The van der Waals surface area contributed by atoms with Gasteiger partial charge in [0.1, 0.15) is 15.8 Å². The van der Waals surface area contributed by atoms with E-state index in [0.717, 1.165) is 44.5 Å². The van der Waals surface area contributed by atoms with E-state index >= 15 is 0 Å². The summed E-state index contributed by atoms with van der Waals surface area (Å²) < 4.78 is 2.12. The Hall–Kier alpha value is -3.20. The van der Waals surface area contributed by atoms with E-state index in [-0.39, 0.29) is 12.3 Å². The third-order valence-corrected chi connectivity index (χ3v) is 5.90. The molecule has 29 heavy (non-hydrogen) atoms. The molecule has 0 fully saturated rings. The standard InChI is InChI=1S/C20H19N7OS/c1-12-10-26-5-6-27(11-18(26)21-12)19(28)9-16-8-15-7-14(3-4-17(15)24-23-16)20-25-22-13(2)29-20/h3-4,7-8,10H,5-6,9,11H2,1-2H3. The maximum atomic E-state index is 12.8. The minimum absolute atomic E-state index is 0.0430. The number of amides is 1. The van der Waals surface area contributed by atoms with Gasteiger partial charge in [0.15, 0.2) is 0 Å². The van der Waals surface area contributed by atoms with Crippen molar-refractivity contribution in [3.63, 3.8) is 0 Å². The van der Waals surface area contributed by atoms with Gasteiger partial charge in [-0.3, -0.25) is 4.79 Å². The molecule has 8 nitrogen and oxygen atoms in total. The second kappa shape index (κ2) is 7.00. The van der Waals surface area contributed by atoms with Crippen LogP contribution in [0.2, 0.25) is 0 Å². The summed E-state index contributed by atoms with van der Waals surface area (Å²) in [6.07, 6.45) is 2.26. The van der Waals surface area contributed by atoms with Crippen LogP contribution in [0.15, 0.2) is 30.5 Å². The highest BCUT2D eigenvalue weighted by atomic mass is 32.1. The highest BCUT2D eigenvalue weighted by Crippen LogP contribution is 2.26. The fraction of sp³-hybridized carbons (Fsp3) is 0.300. The molecule has 1 aromatic carbocycles. The van der Waals surface area contributed by atoms with Gasteiger partial charge < -0.3 is 9.47 Å². The first-order valence-corrected chi connectivity index (χ1v) is 10.2. The number of rotatable bonds is 3. The molecule has 0 atom stereocenters. The second-order valence-electron chi connectivity index (χ2n) is 7.22. The highest BCUT2D eigenvalue weighted by Gasteiger charge is 2.22. The van der Waals surface area contributed by atoms with Crippen LogP contribution in [-0.2, 0) is 24.3 Å². The van der Waals surface area contributed by atoms with Crippen LogP contribution in [0.25, 0.3) is 21.5 Å². The van der Waals surface area contributed by atoms with Gasteiger partial charge in [-0.15, -0.1) is 10.2 Å². The lowest BCUT2D eigenvalue weighted by molar-refractivity contribution is -0.132. The molecule has 1 aliphatic heterocycles. The van der Waals surface area contributed by atoms with Crippen LogP contribution >= 0.6 is 11.3 Å². The number of carbonyl (C=O) groups is 1. The van der Waals surface area contributed by atoms with Crippen molar-refractivity contribution < 1.29 is 4.79 Å². The Morgan fingerprint density at radius 1 is 1.10 bits per heavy atom. The lowest BCUT2D eigenvalue weighted by Crippen LogP contribution is -2.39. The van der Waals surface area contributed by atoms with Crippen molar-refractivity contribution in [3.8, 4) is 10.6 Å². The van der Waals surface area contributed by atoms with Crippen LogP contribution < -0.4 is 0 Å². The lowest BCUT2D eigenvalue weighted by Gasteiger charge is -2.27. The van der Waals surface area contributed by atoms with E-state index in [4.69, 9.17) is 0 Å². The minimum atomic E-state index is 0.0430. The van der Waals surface area contributed by atoms with E-state index in [1.165, 1.54) is 0 Å². The number of benzene rings is 1. The Bertz CT molecular complexity index is 1230. The largest absolute Gasteiger partial charge is 0.333 e.